The maximum absolute atomic E-state index is 12.8. The van der Waals surface area contributed by atoms with Crippen molar-refractivity contribution in [1.29, 1.82) is 0 Å². The van der Waals surface area contributed by atoms with Crippen molar-refractivity contribution < 1.29 is 14.3 Å². The molecule has 2 heterocycles. The standard InChI is InChI=1S/C20H30N2O3/c1-16-14-18(8-13-25-16)20(23)22-10-3-9-21(11-12-22)15-17-4-6-19(24-2)7-5-17/h4-7,16,18H,3,8-15H2,1-2H3/t16-,18+/m0/s1. The highest BCUT2D eigenvalue weighted by molar-refractivity contribution is 5.79. The number of carbonyl (C=O) groups excluding carboxylic acids is 1. The van der Waals surface area contributed by atoms with Gasteiger partial charge < -0.3 is 14.4 Å². The molecule has 1 aromatic carbocycles. The lowest BCUT2D eigenvalue weighted by molar-refractivity contribution is -0.140. The average Bonchev–Trinajstić information content (AvgIpc) is 2.87. The molecule has 0 aromatic heterocycles. The van der Waals surface area contributed by atoms with E-state index in [4.69, 9.17) is 9.47 Å². The number of nitrogens with zero attached hydrogens (tertiary/aromatic N) is 2. The predicted octanol–water partition coefficient (Wildman–Crippen LogP) is 2.54. The van der Waals surface area contributed by atoms with Gasteiger partial charge in [-0.05, 0) is 43.9 Å². The molecule has 0 unspecified atom stereocenters. The molecule has 138 valence electrons. The Kier molecular flexibility index (Phi) is 6.32. The first kappa shape index (κ1) is 18.2. The molecule has 0 saturated carbocycles. The summed E-state index contributed by atoms with van der Waals surface area (Å²) in [6, 6.07) is 8.26. The summed E-state index contributed by atoms with van der Waals surface area (Å²) in [6.45, 7) is 7.41. The van der Waals surface area contributed by atoms with Gasteiger partial charge in [0.2, 0.25) is 5.91 Å². The quantitative estimate of drug-likeness (QED) is 0.840. The van der Waals surface area contributed by atoms with Crippen molar-refractivity contribution in [3.63, 3.8) is 0 Å². The van der Waals surface area contributed by atoms with E-state index >= 15 is 0 Å². The summed E-state index contributed by atoms with van der Waals surface area (Å²) in [6.07, 6.45) is 2.99. The van der Waals surface area contributed by atoms with Gasteiger partial charge in [0.25, 0.3) is 0 Å². The first-order chi connectivity index (χ1) is 12.2. The van der Waals surface area contributed by atoms with Gasteiger partial charge in [-0.1, -0.05) is 12.1 Å². The van der Waals surface area contributed by atoms with E-state index in [9.17, 15) is 4.79 Å². The van der Waals surface area contributed by atoms with E-state index in [-0.39, 0.29) is 12.0 Å². The van der Waals surface area contributed by atoms with Crippen LogP contribution in [-0.2, 0) is 16.1 Å². The number of methoxy groups -OCH3 is 1. The highest BCUT2D eigenvalue weighted by Crippen LogP contribution is 2.23. The van der Waals surface area contributed by atoms with Crippen molar-refractivity contribution in [1.82, 2.24) is 9.80 Å². The van der Waals surface area contributed by atoms with E-state index in [2.05, 4.69) is 28.9 Å². The summed E-state index contributed by atoms with van der Waals surface area (Å²) in [5.74, 6) is 1.38. The number of amides is 1. The summed E-state index contributed by atoms with van der Waals surface area (Å²) in [5.41, 5.74) is 1.29. The van der Waals surface area contributed by atoms with Gasteiger partial charge >= 0.3 is 0 Å². The monoisotopic (exact) mass is 346 g/mol. The smallest absolute Gasteiger partial charge is 0.225 e. The molecular weight excluding hydrogens is 316 g/mol. The van der Waals surface area contributed by atoms with Crippen LogP contribution in [0.1, 0.15) is 31.7 Å². The van der Waals surface area contributed by atoms with Crippen LogP contribution in [-0.4, -0.2) is 61.7 Å². The Morgan fingerprint density at radius 1 is 1.20 bits per heavy atom. The lowest BCUT2D eigenvalue weighted by Crippen LogP contribution is -2.41. The van der Waals surface area contributed by atoms with Crippen LogP contribution in [0.2, 0.25) is 0 Å². The maximum atomic E-state index is 12.8. The van der Waals surface area contributed by atoms with Gasteiger partial charge in [0.1, 0.15) is 5.75 Å². The Labute approximate surface area is 150 Å². The molecule has 5 heteroatoms. The molecule has 0 N–H and O–H groups in total. The van der Waals surface area contributed by atoms with Crippen molar-refractivity contribution in [3.05, 3.63) is 29.8 Å². The minimum absolute atomic E-state index is 0.150. The Morgan fingerprint density at radius 3 is 2.72 bits per heavy atom. The zero-order valence-corrected chi connectivity index (χ0v) is 15.4. The minimum Gasteiger partial charge on any atom is -0.497 e. The third kappa shape index (κ3) is 4.95. The number of rotatable bonds is 4. The molecule has 3 rings (SSSR count). The highest BCUT2D eigenvalue weighted by Gasteiger charge is 2.30. The minimum atomic E-state index is 0.150. The maximum Gasteiger partial charge on any atom is 0.225 e. The van der Waals surface area contributed by atoms with Crippen LogP contribution >= 0.6 is 0 Å². The second-order valence-corrected chi connectivity index (χ2v) is 7.21. The summed E-state index contributed by atoms with van der Waals surface area (Å²) in [7, 11) is 1.69. The molecule has 0 radical (unpaired) electrons. The Morgan fingerprint density at radius 2 is 2.00 bits per heavy atom. The topological polar surface area (TPSA) is 42.0 Å². The molecule has 2 aliphatic heterocycles. The van der Waals surface area contributed by atoms with Gasteiger partial charge in [-0.3, -0.25) is 9.69 Å². The molecule has 1 aromatic rings. The molecule has 2 saturated heterocycles. The van der Waals surface area contributed by atoms with Crippen molar-refractivity contribution in [2.24, 2.45) is 5.92 Å². The van der Waals surface area contributed by atoms with Crippen LogP contribution in [0, 0.1) is 5.92 Å². The number of hydrogen-bond donors (Lipinski definition) is 0. The van der Waals surface area contributed by atoms with Crippen LogP contribution in [0.4, 0.5) is 0 Å². The van der Waals surface area contributed by atoms with E-state index in [0.29, 0.717) is 5.91 Å². The molecule has 1 amide bonds. The van der Waals surface area contributed by atoms with Crippen molar-refractivity contribution in [2.45, 2.75) is 38.8 Å². The van der Waals surface area contributed by atoms with Crippen LogP contribution in [0.15, 0.2) is 24.3 Å². The van der Waals surface area contributed by atoms with Crippen molar-refractivity contribution >= 4 is 5.91 Å². The molecule has 0 aliphatic carbocycles. The first-order valence-electron chi connectivity index (χ1n) is 9.41. The lowest BCUT2D eigenvalue weighted by atomic mass is 9.94. The third-order valence-electron chi connectivity index (χ3n) is 5.30. The lowest BCUT2D eigenvalue weighted by Gasteiger charge is -2.31. The molecule has 0 spiro atoms. The second kappa shape index (κ2) is 8.68. The normalized spacial score (nSPS) is 25.4. The fraction of sp³-hybridized carbons (Fsp3) is 0.650. The van der Waals surface area contributed by atoms with Gasteiger partial charge in [-0.25, -0.2) is 0 Å². The third-order valence-corrected chi connectivity index (χ3v) is 5.30. The van der Waals surface area contributed by atoms with Crippen LogP contribution in [0.5, 0.6) is 5.75 Å². The van der Waals surface area contributed by atoms with Crippen LogP contribution in [0.3, 0.4) is 0 Å². The van der Waals surface area contributed by atoms with Gasteiger partial charge in [0.05, 0.1) is 13.2 Å². The predicted molar refractivity (Wildman–Crippen MR) is 97.6 cm³/mol. The molecule has 25 heavy (non-hydrogen) atoms. The fourth-order valence-corrected chi connectivity index (χ4v) is 3.82. The first-order valence-corrected chi connectivity index (χ1v) is 9.41. The van der Waals surface area contributed by atoms with Crippen LogP contribution < -0.4 is 4.74 Å². The van der Waals surface area contributed by atoms with E-state index in [0.717, 1.165) is 64.3 Å². The zero-order chi connectivity index (χ0) is 17.6. The van der Waals surface area contributed by atoms with E-state index < -0.39 is 0 Å². The highest BCUT2D eigenvalue weighted by atomic mass is 16.5. The van der Waals surface area contributed by atoms with Crippen molar-refractivity contribution in [2.75, 3.05) is 39.9 Å². The van der Waals surface area contributed by atoms with Gasteiger partial charge in [0.15, 0.2) is 0 Å². The molecule has 0 bridgehead atoms. The average molecular weight is 346 g/mol. The van der Waals surface area contributed by atoms with Crippen molar-refractivity contribution in [3.8, 4) is 5.75 Å². The van der Waals surface area contributed by atoms with E-state index in [1.165, 1.54) is 5.56 Å². The molecule has 5 nitrogen and oxygen atoms in total. The zero-order valence-electron chi connectivity index (χ0n) is 15.4. The number of ether oxygens (including phenoxy) is 2. The SMILES string of the molecule is COc1ccc(CN2CCCN(C(=O)[C@@H]3CCO[C@@H](C)C3)CC2)cc1. The van der Waals surface area contributed by atoms with Gasteiger partial charge in [-0.2, -0.15) is 0 Å². The Bertz CT molecular complexity index is 561. The Hall–Kier alpha value is -1.59. The molecular formula is C20H30N2O3. The van der Waals surface area contributed by atoms with E-state index in [1.54, 1.807) is 7.11 Å². The van der Waals surface area contributed by atoms with Gasteiger partial charge in [-0.15, -0.1) is 0 Å². The Balaban J connectivity index is 1.52. The fourth-order valence-electron chi connectivity index (χ4n) is 3.82. The summed E-state index contributed by atoms with van der Waals surface area (Å²) >= 11 is 0. The number of hydrogen-bond acceptors (Lipinski definition) is 4. The molecule has 2 atom stereocenters. The summed E-state index contributed by atoms with van der Waals surface area (Å²) in [4.78, 5) is 17.4. The van der Waals surface area contributed by atoms with E-state index in [1.807, 2.05) is 12.1 Å². The second-order valence-electron chi connectivity index (χ2n) is 7.21. The molecule has 2 fully saturated rings. The largest absolute Gasteiger partial charge is 0.497 e. The number of benzene rings is 1. The summed E-state index contributed by atoms with van der Waals surface area (Å²) < 4.78 is 10.8. The molecule has 2 aliphatic rings. The van der Waals surface area contributed by atoms with Crippen LogP contribution in [0.25, 0.3) is 0 Å². The van der Waals surface area contributed by atoms with Gasteiger partial charge in [0, 0.05) is 45.2 Å². The number of carbonyl (C=O) groups is 1. The summed E-state index contributed by atoms with van der Waals surface area (Å²) in [5, 5.41) is 0.